The van der Waals surface area contributed by atoms with E-state index >= 15 is 0 Å². The van der Waals surface area contributed by atoms with Crippen molar-refractivity contribution in [2.45, 2.75) is 6.92 Å². The summed E-state index contributed by atoms with van der Waals surface area (Å²) >= 11 is 7.57. The van der Waals surface area contributed by atoms with Gasteiger partial charge in [0.1, 0.15) is 11.9 Å². The zero-order valence-electron chi connectivity index (χ0n) is 9.58. The number of allylic oxidation sites excluding steroid dienone is 1. The van der Waals surface area contributed by atoms with Gasteiger partial charge in [-0.25, -0.2) is 4.39 Å². The first-order valence-corrected chi connectivity index (χ1v) is 6.50. The second-order valence-electron chi connectivity index (χ2n) is 3.71. The minimum atomic E-state index is -0.383. The molecule has 0 spiro atoms. The zero-order chi connectivity index (χ0) is 13.1. The molecule has 2 aromatic rings. The van der Waals surface area contributed by atoms with Crippen molar-refractivity contribution in [1.82, 2.24) is 0 Å². The van der Waals surface area contributed by atoms with E-state index in [-0.39, 0.29) is 16.4 Å². The van der Waals surface area contributed by atoms with E-state index in [9.17, 15) is 9.65 Å². The second-order valence-corrected chi connectivity index (χ2v) is 5.04. The van der Waals surface area contributed by atoms with Gasteiger partial charge in [0.05, 0.1) is 10.6 Å². The zero-order valence-corrected chi connectivity index (χ0v) is 11.1. The van der Waals surface area contributed by atoms with E-state index in [1.807, 2.05) is 17.5 Å². The van der Waals surface area contributed by atoms with Crippen molar-refractivity contribution < 1.29 is 4.39 Å². The van der Waals surface area contributed by atoms with Crippen LogP contribution in [0.15, 0.2) is 35.7 Å². The molecule has 1 nitrogen and oxygen atoms in total. The Bertz CT molecular complexity index is 638. The molecule has 2 rings (SSSR count). The van der Waals surface area contributed by atoms with Gasteiger partial charge in [-0.05, 0) is 23.9 Å². The maximum atomic E-state index is 14.0. The Hall–Kier alpha value is -1.63. The molecule has 0 amide bonds. The molecule has 4 heteroatoms. The molecule has 1 heterocycles. The number of hydrogen-bond acceptors (Lipinski definition) is 2. The van der Waals surface area contributed by atoms with Crippen LogP contribution in [-0.4, -0.2) is 0 Å². The van der Waals surface area contributed by atoms with Crippen LogP contribution in [0.4, 0.5) is 4.39 Å². The fourth-order valence-corrected chi connectivity index (χ4v) is 2.66. The predicted octanol–water partition coefficient (Wildman–Crippen LogP) is 4.83. The number of nitrogens with zero attached hydrogens (tertiary/aromatic N) is 1. The third-order valence-electron chi connectivity index (χ3n) is 2.53. The quantitative estimate of drug-likeness (QED) is 0.722. The average molecular weight is 278 g/mol. The summed E-state index contributed by atoms with van der Waals surface area (Å²) in [5.41, 5.74) is 1.08. The van der Waals surface area contributed by atoms with Crippen LogP contribution in [0, 0.1) is 24.1 Å². The second kappa shape index (κ2) is 5.34. The van der Waals surface area contributed by atoms with E-state index in [0.717, 1.165) is 4.88 Å². The van der Waals surface area contributed by atoms with Gasteiger partial charge in [-0.1, -0.05) is 35.9 Å². The van der Waals surface area contributed by atoms with Crippen molar-refractivity contribution in [3.63, 3.8) is 0 Å². The number of aryl methyl sites for hydroxylation is 1. The van der Waals surface area contributed by atoms with Gasteiger partial charge in [-0.15, -0.1) is 11.3 Å². The van der Waals surface area contributed by atoms with Gasteiger partial charge in [0.2, 0.25) is 0 Å². The summed E-state index contributed by atoms with van der Waals surface area (Å²) in [5.74, 6) is -0.383. The smallest absolute Gasteiger partial charge is 0.134 e. The first-order chi connectivity index (χ1) is 8.65. The highest BCUT2D eigenvalue weighted by Gasteiger charge is 2.14. The monoisotopic (exact) mass is 277 g/mol. The van der Waals surface area contributed by atoms with E-state index in [2.05, 4.69) is 0 Å². The molecule has 0 N–H and O–H groups in total. The number of benzene rings is 1. The molecule has 0 bridgehead atoms. The summed E-state index contributed by atoms with van der Waals surface area (Å²) in [5, 5.41) is 11.2. The number of thiophene rings is 1. The first-order valence-electron chi connectivity index (χ1n) is 5.24. The molecule has 18 heavy (non-hydrogen) atoms. The van der Waals surface area contributed by atoms with E-state index in [1.54, 1.807) is 31.2 Å². The predicted molar refractivity (Wildman–Crippen MR) is 73.7 cm³/mol. The Morgan fingerprint density at radius 2 is 2.11 bits per heavy atom. The summed E-state index contributed by atoms with van der Waals surface area (Å²) in [7, 11) is 0. The van der Waals surface area contributed by atoms with Gasteiger partial charge >= 0.3 is 0 Å². The minimum absolute atomic E-state index is 0.154. The van der Waals surface area contributed by atoms with E-state index in [0.29, 0.717) is 11.1 Å². The molecule has 0 atom stereocenters. The van der Waals surface area contributed by atoms with Crippen LogP contribution in [-0.2, 0) is 0 Å². The highest BCUT2D eigenvalue weighted by Crippen LogP contribution is 2.33. The standard InChI is InChI=1S/C14H9ClFNS/c1-9-4-2-5-10(14(9)16)13(15)11(8-17)12-6-3-7-18-12/h2-7H,1H3/b13-11+. The summed E-state index contributed by atoms with van der Waals surface area (Å²) in [6.45, 7) is 1.67. The van der Waals surface area contributed by atoms with Crippen LogP contribution in [0.1, 0.15) is 16.0 Å². The maximum absolute atomic E-state index is 14.0. The van der Waals surface area contributed by atoms with Crippen LogP contribution in [0.2, 0.25) is 0 Å². The molecule has 0 unspecified atom stereocenters. The van der Waals surface area contributed by atoms with E-state index < -0.39 is 0 Å². The molecule has 0 saturated heterocycles. The minimum Gasteiger partial charge on any atom is -0.206 e. The lowest BCUT2D eigenvalue weighted by molar-refractivity contribution is 0.615. The molecule has 90 valence electrons. The van der Waals surface area contributed by atoms with Crippen LogP contribution in [0.3, 0.4) is 0 Å². The normalized spacial score (nSPS) is 11.9. The number of rotatable bonds is 2. The lowest BCUT2D eigenvalue weighted by atomic mass is 10.1. The molecule has 0 aliphatic rings. The topological polar surface area (TPSA) is 23.8 Å². The average Bonchev–Trinajstić information content (AvgIpc) is 2.87. The van der Waals surface area contributed by atoms with Gasteiger partial charge in [0, 0.05) is 10.4 Å². The van der Waals surface area contributed by atoms with Gasteiger partial charge < -0.3 is 0 Å². The molecule has 0 radical (unpaired) electrons. The van der Waals surface area contributed by atoms with E-state index in [1.165, 1.54) is 11.3 Å². The highest BCUT2D eigenvalue weighted by molar-refractivity contribution is 7.11. The Labute approximate surface area is 114 Å². The Morgan fingerprint density at radius 1 is 1.33 bits per heavy atom. The van der Waals surface area contributed by atoms with Crippen molar-refractivity contribution in [3.05, 3.63) is 57.5 Å². The van der Waals surface area contributed by atoms with Crippen molar-refractivity contribution in [2.75, 3.05) is 0 Å². The molecular formula is C14H9ClFNS. The SMILES string of the molecule is Cc1cccc(/C(Cl)=C(/C#N)c2cccs2)c1F. The lowest BCUT2D eigenvalue weighted by Gasteiger charge is -2.06. The van der Waals surface area contributed by atoms with Crippen molar-refractivity contribution in [1.29, 1.82) is 5.26 Å². The fourth-order valence-electron chi connectivity index (χ4n) is 1.58. The molecule has 1 aromatic carbocycles. The summed E-state index contributed by atoms with van der Waals surface area (Å²) in [6.07, 6.45) is 0. The Morgan fingerprint density at radius 3 is 2.72 bits per heavy atom. The number of halogens is 2. The van der Waals surface area contributed by atoms with Crippen LogP contribution in [0.25, 0.3) is 10.6 Å². The molecule has 0 fully saturated rings. The number of nitriles is 1. The van der Waals surface area contributed by atoms with E-state index in [4.69, 9.17) is 11.6 Å². The van der Waals surface area contributed by atoms with Crippen molar-refractivity contribution in [2.24, 2.45) is 0 Å². The Balaban J connectivity index is 2.62. The summed E-state index contributed by atoms with van der Waals surface area (Å²) < 4.78 is 14.0. The first kappa shape index (κ1) is 12.8. The van der Waals surface area contributed by atoms with Crippen LogP contribution >= 0.6 is 22.9 Å². The fraction of sp³-hybridized carbons (Fsp3) is 0.0714. The molecule has 0 aliphatic carbocycles. The van der Waals surface area contributed by atoms with Crippen molar-refractivity contribution in [3.8, 4) is 6.07 Å². The van der Waals surface area contributed by atoms with Gasteiger partial charge in [-0.2, -0.15) is 5.26 Å². The Kier molecular flexibility index (Phi) is 3.81. The highest BCUT2D eigenvalue weighted by atomic mass is 35.5. The summed E-state index contributed by atoms with van der Waals surface area (Å²) in [6, 6.07) is 10.6. The largest absolute Gasteiger partial charge is 0.206 e. The maximum Gasteiger partial charge on any atom is 0.134 e. The van der Waals surface area contributed by atoms with Gasteiger partial charge in [0.25, 0.3) is 0 Å². The van der Waals surface area contributed by atoms with Gasteiger partial charge in [-0.3, -0.25) is 0 Å². The van der Waals surface area contributed by atoms with Gasteiger partial charge in [0.15, 0.2) is 0 Å². The molecular weight excluding hydrogens is 269 g/mol. The van der Waals surface area contributed by atoms with Crippen molar-refractivity contribution >= 4 is 33.5 Å². The summed E-state index contributed by atoms with van der Waals surface area (Å²) in [4.78, 5) is 0.739. The molecule has 0 saturated carbocycles. The van der Waals surface area contributed by atoms with Crippen LogP contribution < -0.4 is 0 Å². The number of hydrogen-bond donors (Lipinski definition) is 0. The molecule has 1 aromatic heterocycles. The third-order valence-corrected chi connectivity index (χ3v) is 3.81. The lowest BCUT2D eigenvalue weighted by Crippen LogP contribution is -1.91. The molecule has 0 aliphatic heterocycles. The third kappa shape index (κ3) is 2.31. The van der Waals surface area contributed by atoms with Crippen LogP contribution in [0.5, 0.6) is 0 Å².